The smallest absolute Gasteiger partial charge is 0.319 e. The number of amides is 2. The molecule has 1 aliphatic rings. The van der Waals surface area contributed by atoms with Crippen LogP contribution < -0.4 is 14.9 Å². The Bertz CT molecular complexity index is 885. The minimum atomic E-state index is -3.20. The van der Waals surface area contributed by atoms with Crippen LogP contribution in [0, 0.1) is 5.41 Å². The van der Waals surface area contributed by atoms with Gasteiger partial charge in [-0.15, -0.1) is 11.3 Å². The van der Waals surface area contributed by atoms with Crippen LogP contribution in [0.5, 0.6) is 0 Å². The van der Waals surface area contributed by atoms with Crippen LogP contribution in [-0.4, -0.2) is 26.7 Å². The first-order valence-electron chi connectivity index (χ1n) is 8.88. The molecule has 1 unspecified atom stereocenters. The van der Waals surface area contributed by atoms with Crippen LogP contribution in [-0.2, 0) is 10.0 Å². The van der Waals surface area contributed by atoms with Gasteiger partial charge in [-0.05, 0) is 47.5 Å². The molecule has 8 heteroatoms. The fraction of sp³-hybridized carbons (Fsp3) is 0.421. The van der Waals surface area contributed by atoms with E-state index < -0.39 is 10.0 Å². The van der Waals surface area contributed by atoms with Gasteiger partial charge in [-0.1, -0.05) is 26.8 Å². The number of nitrogens with one attached hydrogen (secondary N) is 2. The van der Waals surface area contributed by atoms with E-state index in [4.69, 9.17) is 0 Å². The molecule has 2 heterocycles. The number of carbonyl (C=O) groups is 1. The molecule has 2 amide bonds. The molecule has 0 spiro atoms. The molecule has 1 fully saturated rings. The molecule has 0 aliphatic carbocycles. The lowest BCUT2D eigenvalue weighted by molar-refractivity contribution is 0.230. The van der Waals surface area contributed by atoms with Crippen molar-refractivity contribution in [1.29, 1.82) is 0 Å². The number of hydrogen-bond donors (Lipinski definition) is 2. The Morgan fingerprint density at radius 2 is 1.89 bits per heavy atom. The normalized spacial score (nSPS) is 17.5. The number of benzene rings is 1. The summed E-state index contributed by atoms with van der Waals surface area (Å²) in [6, 6.07) is 10.5. The maximum Gasteiger partial charge on any atom is 0.319 e. The number of rotatable bonds is 4. The van der Waals surface area contributed by atoms with Crippen LogP contribution in [0.1, 0.15) is 38.1 Å². The van der Waals surface area contributed by atoms with Crippen LogP contribution in [0.2, 0.25) is 0 Å². The van der Waals surface area contributed by atoms with Gasteiger partial charge in [0.05, 0.1) is 17.5 Å². The minimum Gasteiger partial charge on any atom is -0.330 e. The van der Waals surface area contributed by atoms with E-state index in [1.165, 1.54) is 4.31 Å². The summed E-state index contributed by atoms with van der Waals surface area (Å²) in [5, 5.41) is 7.88. The molecular weight excluding hydrogens is 382 g/mol. The molecule has 0 bridgehead atoms. The Morgan fingerprint density at radius 3 is 2.41 bits per heavy atom. The van der Waals surface area contributed by atoms with Crippen LogP contribution in [0.15, 0.2) is 41.8 Å². The van der Waals surface area contributed by atoms with Crippen molar-refractivity contribution in [2.24, 2.45) is 5.41 Å². The molecule has 2 N–H and O–H groups in total. The van der Waals surface area contributed by atoms with Crippen molar-refractivity contribution in [2.45, 2.75) is 33.2 Å². The van der Waals surface area contributed by atoms with Crippen molar-refractivity contribution in [2.75, 3.05) is 21.9 Å². The molecule has 146 valence electrons. The van der Waals surface area contributed by atoms with Crippen molar-refractivity contribution in [3.8, 4) is 0 Å². The molecule has 0 saturated carbocycles. The molecule has 2 aromatic rings. The van der Waals surface area contributed by atoms with Crippen molar-refractivity contribution in [3.63, 3.8) is 0 Å². The van der Waals surface area contributed by atoms with Crippen molar-refractivity contribution >= 4 is 38.8 Å². The van der Waals surface area contributed by atoms with E-state index in [9.17, 15) is 13.2 Å². The maximum atomic E-state index is 12.5. The number of urea groups is 1. The summed E-state index contributed by atoms with van der Waals surface area (Å²) in [6.07, 6.45) is 0.641. The van der Waals surface area contributed by atoms with Crippen molar-refractivity contribution < 1.29 is 13.2 Å². The number of carbonyl (C=O) groups excluding carboxylic acids is 1. The van der Waals surface area contributed by atoms with E-state index >= 15 is 0 Å². The summed E-state index contributed by atoms with van der Waals surface area (Å²) < 4.78 is 25.4. The van der Waals surface area contributed by atoms with Crippen molar-refractivity contribution in [3.05, 3.63) is 46.7 Å². The van der Waals surface area contributed by atoms with Crippen molar-refractivity contribution in [1.82, 2.24) is 5.32 Å². The number of thiophene rings is 1. The third-order valence-corrected chi connectivity index (χ3v) is 7.29. The lowest BCUT2D eigenvalue weighted by Crippen LogP contribution is -2.38. The largest absolute Gasteiger partial charge is 0.330 e. The summed E-state index contributed by atoms with van der Waals surface area (Å²) in [5.41, 5.74) is 1.12. The van der Waals surface area contributed by atoms with Gasteiger partial charge in [-0.3, -0.25) is 4.31 Å². The Kier molecular flexibility index (Phi) is 5.48. The zero-order valence-electron chi connectivity index (χ0n) is 15.7. The van der Waals surface area contributed by atoms with E-state index in [-0.39, 0.29) is 23.2 Å². The number of sulfonamides is 1. The summed E-state index contributed by atoms with van der Waals surface area (Å²) in [7, 11) is -3.20. The van der Waals surface area contributed by atoms with Gasteiger partial charge in [0, 0.05) is 17.1 Å². The topological polar surface area (TPSA) is 78.5 Å². The summed E-state index contributed by atoms with van der Waals surface area (Å²) in [6.45, 7) is 6.76. The first kappa shape index (κ1) is 19.7. The number of hydrogen-bond acceptors (Lipinski definition) is 4. The maximum absolute atomic E-state index is 12.5. The first-order chi connectivity index (χ1) is 12.7. The Morgan fingerprint density at radius 1 is 1.19 bits per heavy atom. The zero-order valence-corrected chi connectivity index (χ0v) is 17.4. The summed E-state index contributed by atoms with van der Waals surface area (Å²) >= 11 is 1.62. The lowest BCUT2D eigenvalue weighted by atomic mass is 9.86. The zero-order chi connectivity index (χ0) is 19.7. The molecule has 1 saturated heterocycles. The van der Waals surface area contributed by atoms with Gasteiger partial charge in [0.2, 0.25) is 10.0 Å². The highest BCUT2D eigenvalue weighted by atomic mass is 32.2. The van der Waals surface area contributed by atoms with E-state index in [0.29, 0.717) is 24.3 Å². The second-order valence-corrected chi connectivity index (χ2v) is 10.7. The standard InChI is InChI=1S/C19H25N3O3S2/c1-19(2,3)17(16-6-4-12-26-16)21-18(23)20-14-7-9-15(10-8-14)22-11-5-13-27(22,24)25/h4,6-10,12,17H,5,11,13H2,1-3H3,(H2,20,21,23). The highest BCUT2D eigenvalue weighted by molar-refractivity contribution is 7.93. The van der Waals surface area contributed by atoms with Crippen LogP contribution in [0.3, 0.4) is 0 Å². The molecule has 1 aromatic heterocycles. The highest BCUT2D eigenvalue weighted by Crippen LogP contribution is 2.35. The number of anilines is 2. The Labute approximate surface area is 164 Å². The third-order valence-electron chi connectivity index (χ3n) is 4.48. The quantitative estimate of drug-likeness (QED) is 0.797. The lowest BCUT2D eigenvalue weighted by Gasteiger charge is -2.30. The van der Waals surface area contributed by atoms with Crippen LogP contribution in [0.4, 0.5) is 16.2 Å². The highest BCUT2D eigenvalue weighted by Gasteiger charge is 2.29. The molecule has 0 radical (unpaired) electrons. The van der Waals surface area contributed by atoms with Gasteiger partial charge in [-0.25, -0.2) is 13.2 Å². The van der Waals surface area contributed by atoms with E-state index in [1.807, 2.05) is 17.5 Å². The average molecular weight is 408 g/mol. The van der Waals surface area contributed by atoms with Gasteiger partial charge in [0.15, 0.2) is 0 Å². The molecule has 3 rings (SSSR count). The summed E-state index contributed by atoms with van der Waals surface area (Å²) in [5.74, 6) is 0.187. The van der Waals surface area contributed by atoms with E-state index in [1.54, 1.807) is 35.6 Å². The van der Waals surface area contributed by atoms with E-state index in [0.717, 1.165) is 4.88 Å². The fourth-order valence-electron chi connectivity index (χ4n) is 3.11. The predicted molar refractivity (Wildman–Crippen MR) is 111 cm³/mol. The second-order valence-electron chi connectivity index (χ2n) is 7.70. The SMILES string of the molecule is CC(C)(C)C(NC(=O)Nc1ccc(N2CCCS2(=O)=O)cc1)c1cccs1. The molecular formula is C19H25N3O3S2. The monoisotopic (exact) mass is 407 g/mol. The van der Waals surface area contributed by atoms with Gasteiger partial charge in [-0.2, -0.15) is 0 Å². The third kappa shape index (κ3) is 4.62. The Hall–Kier alpha value is -2.06. The molecule has 1 atom stereocenters. The minimum absolute atomic E-state index is 0.105. The van der Waals surface area contributed by atoms with Gasteiger partial charge < -0.3 is 10.6 Å². The predicted octanol–water partition coefficient (Wildman–Crippen LogP) is 4.20. The fourth-order valence-corrected chi connectivity index (χ4v) is 5.69. The van der Waals surface area contributed by atoms with Crippen LogP contribution in [0.25, 0.3) is 0 Å². The molecule has 1 aromatic carbocycles. The van der Waals surface area contributed by atoms with Gasteiger partial charge in [0.25, 0.3) is 0 Å². The molecule has 1 aliphatic heterocycles. The Balaban J connectivity index is 1.67. The summed E-state index contributed by atoms with van der Waals surface area (Å²) in [4.78, 5) is 13.6. The molecule has 27 heavy (non-hydrogen) atoms. The van der Waals surface area contributed by atoms with Gasteiger partial charge in [0.1, 0.15) is 0 Å². The average Bonchev–Trinajstić information content (AvgIpc) is 3.21. The molecule has 6 nitrogen and oxygen atoms in total. The van der Waals surface area contributed by atoms with E-state index in [2.05, 4.69) is 31.4 Å². The van der Waals surface area contributed by atoms with Gasteiger partial charge >= 0.3 is 6.03 Å². The number of nitrogens with zero attached hydrogens (tertiary/aromatic N) is 1. The van der Waals surface area contributed by atoms with Crippen LogP contribution >= 0.6 is 11.3 Å². The first-order valence-corrected chi connectivity index (χ1v) is 11.4. The second kappa shape index (κ2) is 7.52.